The van der Waals surface area contributed by atoms with Crippen LogP contribution in [0.15, 0.2) is 27.9 Å². The zero-order chi connectivity index (χ0) is 17.9. The molecule has 0 spiro atoms. The summed E-state index contributed by atoms with van der Waals surface area (Å²) >= 11 is 11.0. The SMILES string of the molecule is CC(C)=NOCCCCOc1c(C)cc(OCC=C(Cl)Cl)cc1F. The van der Waals surface area contributed by atoms with Crippen molar-refractivity contribution in [3.63, 3.8) is 0 Å². The molecule has 0 unspecified atom stereocenters. The topological polar surface area (TPSA) is 40.0 Å². The van der Waals surface area contributed by atoms with E-state index < -0.39 is 5.82 Å². The number of rotatable bonds is 10. The van der Waals surface area contributed by atoms with Crippen LogP contribution in [0.5, 0.6) is 11.5 Å². The fourth-order valence-corrected chi connectivity index (χ4v) is 1.91. The highest BCUT2D eigenvalue weighted by Gasteiger charge is 2.10. The maximum Gasteiger partial charge on any atom is 0.169 e. The molecule has 1 aromatic rings. The molecular weight excluding hydrogens is 356 g/mol. The van der Waals surface area contributed by atoms with Crippen LogP contribution in [0.2, 0.25) is 0 Å². The number of hydrogen-bond donors (Lipinski definition) is 0. The van der Waals surface area contributed by atoms with Gasteiger partial charge in [-0.05, 0) is 51.3 Å². The summed E-state index contributed by atoms with van der Waals surface area (Å²) in [4.78, 5) is 5.08. The van der Waals surface area contributed by atoms with Crippen LogP contribution in [0, 0.1) is 12.7 Å². The molecule has 0 bridgehead atoms. The summed E-state index contributed by atoms with van der Waals surface area (Å²) in [6.45, 7) is 6.57. The van der Waals surface area contributed by atoms with E-state index in [4.69, 9.17) is 37.5 Å². The van der Waals surface area contributed by atoms with Gasteiger partial charge < -0.3 is 14.3 Å². The Morgan fingerprint density at radius 3 is 2.50 bits per heavy atom. The van der Waals surface area contributed by atoms with Crippen molar-refractivity contribution in [1.29, 1.82) is 0 Å². The van der Waals surface area contributed by atoms with E-state index in [1.54, 1.807) is 13.0 Å². The van der Waals surface area contributed by atoms with Gasteiger partial charge in [-0.1, -0.05) is 28.4 Å². The minimum absolute atomic E-state index is 0.107. The Hall–Kier alpha value is -1.46. The first-order valence-corrected chi connectivity index (χ1v) is 8.35. The molecule has 0 atom stereocenters. The standard InChI is InChI=1S/C17H22Cl2FNO3/c1-12(2)21-24-8-5-4-7-23-17-13(3)10-14(11-15(17)20)22-9-6-16(18)19/h6,10-11H,4-5,7-9H2,1-3H3. The molecule has 24 heavy (non-hydrogen) atoms. The van der Waals surface area contributed by atoms with Crippen LogP contribution >= 0.6 is 23.2 Å². The molecule has 0 aliphatic carbocycles. The van der Waals surface area contributed by atoms with E-state index in [1.807, 2.05) is 13.8 Å². The molecule has 0 aromatic heterocycles. The second-order valence-corrected chi connectivity index (χ2v) is 6.29. The summed E-state index contributed by atoms with van der Waals surface area (Å²) in [5.74, 6) is 0.161. The summed E-state index contributed by atoms with van der Waals surface area (Å²) in [5.41, 5.74) is 1.53. The molecule has 1 rings (SSSR count). The molecule has 1 aromatic carbocycles. The highest BCUT2D eigenvalue weighted by atomic mass is 35.5. The second kappa shape index (κ2) is 11.2. The Balaban J connectivity index is 2.43. The normalized spacial score (nSPS) is 10.1. The lowest BCUT2D eigenvalue weighted by atomic mass is 10.2. The molecule has 0 N–H and O–H groups in total. The highest BCUT2D eigenvalue weighted by Crippen LogP contribution is 2.28. The van der Waals surface area contributed by atoms with Crippen molar-refractivity contribution in [3.8, 4) is 11.5 Å². The molecule has 0 saturated heterocycles. The van der Waals surface area contributed by atoms with Gasteiger partial charge in [0, 0.05) is 6.07 Å². The number of halogens is 3. The van der Waals surface area contributed by atoms with Crippen LogP contribution in [0.4, 0.5) is 4.39 Å². The third kappa shape index (κ3) is 8.41. The average molecular weight is 378 g/mol. The average Bonchev–Trinajstić information content (AvgIpc) is 2.47. The van der Waals surface area contributed by atoms with Gasteiger partial charge in [-0.15, -0.1) is 0 Å². The summed E-state index contributed by atoms with van der Waals surface area (Å²) in [6.07, 6.45) is 3.01. The first kappa shape index (κ1) is 20.6. The number of hydrogen-bond acceptors (Lipinski definition) is 4. The molecule has 134 valence electrons. The molecule has 7 heteroatoms. The van der Waals surface area contributed by atoms with Crippen LogP contribution in [-0.2, 0) is 4.84 Å². The van der Waals surface area contributed by atoms with Gasteiger partial charge in [0.15, 0.2) is 11.6 Å². The molecular formula is C17H22Cl2FNO3. The van der Waals surface area contributed by atoms with Crippen molar-refractivity contribution in [2.45, 2.75) is 33.6 Å². The molecule has 0 radical (unpaired) electrons. The van der Waals surface area contributed by atoms with Crippen LogP contribution in [0.3, 0.4) is 0 Å². The first-order chi connectivity index (χ1) is 11.4. The Bertz CT molecular complexity index is 560. The first-order valence-electron chi connectivity index (χ1n) is 7.60. The third-order valence-corrected chi connectivity index (χ3v) is 3.12. The number of aryl methyl sites for hydroxylation is 1. The Morgan fingerprint density at radius 2 is 1.88 bits per heavy atom. The minimum atomic E-state index is -0.464. The fourth-order valence-electron chi connectivity index (χ4n) is 1.78. The summed E-state index contributed by atoms with van der Waals surface area (Å²) in [5, 5.41) is 3.83. The zero-order valence-corrected chi connectivity index (χ0v) is 15.6. The highest BCUT2D eigenvalue weighted by molar-refractivity contribution is 6.55. The number of ether oxygens (including phenoxy) is 2. The molecule has 0 aliphatic heterocycles. The van der Waals surface area contributed by atoms with Crippen molar-refractivity contribution in [1.82, 2.24) is 0 Å². The van der Waals surface area contributed by atoms with Crippen LogP contribution in [-0.4, -0.2) is 25.5 Å². The lowest BCUT2D eigenvalue weighted by molar-refractivity contribution is 0.135. The van der Waals surface area contributed by atoms with Gasteiger partial charge in [0.1, 0.15) is 23.5 Å². The van der Waals surface area contributed by atoms with Crippen molar-refractivity contribution < 1.29 is 18.7 Å². The maximum absolute atomic E-state index is 14.1. The van der Waals surface area contributed by atoms with E-state index in [0.717, 1.165) is 18.6 Å². The summed E-state index contributed by atoms with van der Waals surface area (Å²) < 4.78 is 25.1. The number of oxime groups is 1. The zero-order valence-electron chi connectivity index (χ0n) is 14.1. The van der Waals surface area contributed by atoms with Crippen LogP contribution in [0.1, 0.15) is 32.3 Å². The van der Waals surface area contributed by atoms with E-state index in [9.17, 15) is 4.39 Å². The predicted molar refractivity (Wildman–Crippen MR) is 95.9 cm³/mol. The Kier molecular flexibility index (Phi) is 9.57. The fraction of sp³-hybridized carbons (Fsp3) is 0.471. The lowest BCUT2D eigenvalue weighted by Crippen LogP contribution is -2.03. The van der Waals surface area contributed by atoms with Gasteiger partial charge in [0.2, 0.25) is 0 Å². The molecule has 0 heterocycles. The van der Waals surface area contributed by atoms with Crippen molar-refractivity contribution in [2.75, 3.05) is 19.8 Å². The number of nitrogens with zero attached hydrogens (tertiary/aromatic N) is 1. The van der Waals surface area contributed by atoms with Gasteiger partial charge in [-0.2, -0.15) is 0 Å². The minimum Gasteiger partial charge on any atom is -0.490 e. The van der Waals surface area contributed by atoms with Gasteiger partial charge in [0.05, 0.1) is 12.3 Å². The van der Waals surface area contributed by atoms with Crippen LogP contribution < -0.4 is 9.47 Å². The maximum atomic E-state index is 14.1. The quantitative estimate of drug-likeness (QED) is 0.311. The van der Waals surface area contributed by atoms with Gasteiger partial charge in [-0.25, -0.2) is 4.39 Å². The summed E-state index contributed by atoms with van der Waals surface area (Å²) in [6, 6.07) is 2.98. The second-order valence-electron chi connectivity index (χ2n) is 5.28. The molecule has 0 saturated carbocycles. The molecule has 0 fully saturated rings. The van der Waals surface area contributed by atoms with Crippen molar-refractivity contribution in [3.05, 3.63) is 34.1 Å². The lowest BCUT2D eigenvalue weighted by Gasteiger charge is -2.12. The monoisotopic (exact) mass is 377 g/mol. The smallest absolute Gasteiger partial charge is 0.169 e. The largest absolute Gasteiger partial charge is 0.490 e. The molecule has 4 nitrogen and oxygen atoms in total. The van der Waals surface area contributed by atoms with Crippen molar-refractivity contribution in [2.24, 2.45) is 5.16 Å². The molecule has 0 amide bonds. The van der Waals surface area contributed by atoms with E-state index >= 15 is 0 Å². The number of benzene rings is 1. The van der Waals surface area contributed by atoms with Gasteiger partial charge in [-0.3, -0.25) is 0 Å². The van der Waals surface area contributed by atoms with Crippen LogP contribution in [0.25, 0.3) is 0 Å². The Labute approximate surface area is 152 Å². The van der Waals surface area contributed by atoms with E-state index in [0.29, 0.717) is 24.5 Å². The van der Waals surface area contributed by atoms with Gasteiger partial charge >= 0.3 is 0 Å². The van der Waals surface area contributed by atoms with E-state index in [2.05, 4.69) is 5.16 Å². The van der Waals surface area contributed by atoms with Crippen molar-refractivity contribution >= 4 is 28.9 Å². The van der Waals surface area contributed by atoms with Gasteiger partial charge in [0.25, 0.3) is 0 Å². The predicted octanol–water partition coefficient (Wildman–Crippen LogP) is 5.40. The molecule has 0 aliphatic rings. The van der Waals surface area contributed by atoms with E-state index in [1.165, 1.54) is 12.1 Å². The van der Waals surface area contributed by atoms with E-state index in [-0.39, 0.29) is 16.8 Å². The summed E-state index contributed by atoms with van der Waals surface area (Å²) in [7, 11) is 0. The third-order valence-electron chi connectivity index (χ3n) is 2.81. The Morgan fingerprint density at radius 1 is 1.17 bits per heavy atom. The number of unbranched alkanes of at least 4 members (excludes halogenated alkanes) is 1.